The zero-order chi connectivity index (χ0) is 13.0. The van der Waals surface area contributed by atoms with E-state index in [0.29, 0.717) is 12.2 Å². The number of hydrogen-bond acceptors (Lipinski definition) is 4. The number of aliphatic hydroxyl groups is 1. The molecule has 1 atom stereocenters. The Hall–Kier alpha value is -1.56. The number of nitrogen functional groups attached to an aromatic ring is 1. The first-order valence-corrected chi connectivity index (χ1v) is 6.40. The molecule has 1 aliphatic heterocycles. The molecule has 0 spiro atoms. The molecule has 1 aliphatic rings. The SMILES string of the molecule is Nc1ccn(CC(=O)N2CCCCC2CCO)n1. The molecule has 18 heavy (non-hydrogen) atoms. The normalized spacial score (nSPS) is 20.1. The Kier molecular flexibility index (Phi) is 4.19. The van der Waals surface area contributed by atoms with Crippen LogP contribution in [0.4, 0.5) is 5.82 Å². The van der Waals surface area contributed by atoms with Crippen molar-refractivity contribution in [2.45, 2.75) is 38.3 Å². The lowest BCUT2D eigenvalue weighted by molar-refractivity contribution is -0.136. The molecule has 1 fully saturated rings. The number of piperidine rings is 1. The largest absolute Gasteiger partial charge is 0.396 e. The molecule has 0 aromatic carbocycles. The maximum Gasteiger partial charge on any atom is 0.244 e. The average molecular weight is 252 g/mol. The second-order valence-corrected chi connectivity index (χ2v) is 4.69. The summed E-state index contributed by atoms with van der Waals surface area (Å²) in [7, 11) is 0. The van der Waals surface area contributed by atoms with Gasteiger partial charge in [0.2, 0.25) is 5.91 Å². The Morgan fingerprint density at radius 3 is 3.06 bits per heavy atom. The molecule has 6 nitrogen and oxygen atoms in total. The molecule has 1 aromatic rings. The van der Waals surface area contributed by atoms with Crippen molar-refractivity contribution < 1.29 is 9.90 Å². The van der Waals surface area contributed by atoms with Crippen molar-refractivity contribution in [3.05, 3.63) is 12.3 Å². The topological polar surface area (TPSA) is 84.4 Å². The maximum atomic E-state index is 12.2. The van der Waals surface area contributed by atoms with Crippen molar-refractivity contribution in [2.75, 3.05) is 18.9 Å². The van der Waals surface area contributed by atoms with Crippen molar-refractivity contribution in [3.8, 4) is 0 Å². The molecule has 2 rings (SSSR count). The highest BCUT2D eigenvalue weighted by atomic mass is 16.3. The number of nitrogens with zero attached hydrogens (tertiary/aromatic N) is 3. The lowest BCUT2D eigenvalue weighted by Gasteiger charge is -2.35. The van der Waals surface area contributed by atoms with Crippen LogP contribution in [-0.4, -0.2) is 44.9 Å². The molecule has 1 unspecified atom stereocenters. The Morgan fingerprint density at radius 2 is 2.39 bits per heavy atom. The van der Waals surface area contributed by atoms with E-state index in [9.17, 15) is 4.79 Å². The first-order valence-electron chi connectivity index (χ1n) is 6.40. The Bertz CT molecular complexity index is 403. The van der Waals surface area contributed by atoms with E-state index >= 15 is 0 Å². The van der Waals surface area contributed by atoms with Gasteiger partial charge < -0.3 is 15.7 Å². The number of nitrogens with two attached hydrogens (primary N) is 1. The van der Waals surface area contributed by atoms with Gasteiger partial charge in [-0.25, -0.2) is 0 Å². The summed E-state index contributed by atoms with van der Waals surface area (Å²) in [4.78, 5) is 14.1. The third-order valence-electron chi connectivity index (χ3n) is 3.37. The summed E-state index contributed by atoms with van der Waals surface area (Å²) < 4.78 is 1.56. The minimum absolute atomic E-state index is 0.0521. The van der Waals surface area contributed by atoms with Crippen molar-refractivity contribution in [3.63, 3.8) is 0 Å². The molecule has 1 saturated heterocycles. The van der Waals surface area contributed by atoms with Crippen LogP contribution in [0.15, 0.2) is 12.3 Å². The van der Waals surface area contributed by atoms with Gasteiger partial charge in [0.15, 0.2) is 0 Å². The number of aromatic nitrogens is 2. The van der Waals surface area contributed by atoms with Crippen LogP contribution in [0.2, 0.25) is 0 Å². The van der Waals surface area contributed by atoms with Crippen LogP contribution in [0.3, 0.4) is 0 Å². The third-order valence-corrected chi connectivity index (χ3v) is 3.37. The number of carbonyl (C=O) groups is 1. The molecule has 100 valence electrons. The number of likely N-dealkylation sites (tertiary alicyclic amines) is 1. The smallest absolute Gasteiger partial charge is 0.244 e. The van der Waals surface area contributed by atoms with Crippen LogP contribution in [0.5, 0.6) is 0 Å². The first kappa shape index (κ1) is 12.9. The Morgan fingerprint density at radius 1 is 1.56 bits per heavy atom. The average Bonchev–Trinajstić information content (AvgIpc) is 2.76. The highest BCUT2D eigenvalue weighted by Crippen LogP contribution is 2.19. The fraction of sp³-hybridized carbons (Fsp3) is 0.667. The van der Waals surface area contributed by atoms with E-state index in [1.54, 1.807) is 16.9 Å². The zero-order valence-electron chi connectivity index (χ0n) is 10.5. The fourth-order valence-electron chi connectivity index (χ4n) is 2.47. The molecule has 1 aromatic heterocycles. The molecule has 0 saturated carbocycles. The fourth-order valence-corrected chi connectivity index (χ4v) is 2.47. The third kappa shape index (κ3) is 3.01. The molecule has 3 N–H and O–H groups in total. The molecule has 0 bridgehead atoms. The van der Waals surface area contributed by atoms with Crippen molar-refractivity contribution >= 4 is 11.7 Å². The zero-order valence-corrected chi connectivity index (χ0v) is 10.5. The molecule has 6 heteroatoms. The summed E-state index contributed by atoms with van der Waals surface area (Å²) in [5.74, 6) is 0.476. The predicted octanol–water partition coefficient (Wildman–Crippen LogP) is 0.229. The minimum Gasteiger partial charge on any atom is -0.396 e. The van der Waals surface area contributed by atoms with E-state index in [4.69, 9.17) is 10.8 Å². The lowest BCUT2D eigenvalue weighted by Crippen LogP contribution is -2.45. The van der Waals surface area contributed by atoms with Gasteiger partial charge in [-0.2, -0.15) is 5.10 Å². The van der Waals surface area contributed by atoms with Crippen LogP contribution in [-0.2, 0) is 11.3 Å². The van der Waals surface area contributed by atoms with Gasteiger partial charge in [0.05, 0.1) is 0 Å². The van der Waals surface area contributed by atoms with Crippen molar-refractivity contribution in [1.29, 1.82) is 0 Å². The van der Waals surface area contributed by atoms with Crippen LogP contribution >= 0.6 is 0 Å². The Labute approximate surface area is 106 Å². The summed E-state index contributed by atoms with van der Waals surface area (Å²) >= 11 is 0. The van der Waals surface area contributed by atoms with Crippen LogP contribution < -0.4 is 5.73 Å². The standard InChI is InChI=1S/C12H20N4O2/c13-11-4-7-15(14-11)9-12(18)16-6-2-1-3-10(16)5-8-17/h4,7,10,17H,1-3,5-6,8-9H2,(H2,13,14). The number of amides is 1. The number of aliphatic hydroxyl groups excluding tert-OH is 1. The number of hydrogen-bond donors (Lipinski definition) is 2. The van der Waals surface area contributed by atoms with Crippen molar-refractivity contribution in [1.82, 2.24) is 14.7 Å². The van der Waals surface area contributed by atoms with E-state index in [0.717, 1.165) is 25.8 Å². The first-order chi connectivity index (χ1) is 8.70. The van der Waals surface area contributed by atoms with Crippen LogP contribution in [0.25, 0.3) is 0 Å². The second-order valence-electron chi connectivity index (χ2n) is 4.69. The molecule has 2 heterocycles. The molecular formula is C12H20N4O2. The number of rotatable bonds is 4. The van der Waals surface area contributed by atoms with Gasteiger partial charge in [0.25, 0.3) is 0 Å². The minimum atomic E-state index is 0.0521. The Balaban J connectivity index is 1.97. The highest BCUT2D eigenvalue weighted by molar-refractivity contribution is 5.76. The van der Waals surface area contributed by atoms with E-state index in [1.807, 2.05) is 4.90 Å². The summed E-state index contributed by atoms with van der Waals surface area (Å²) in [5, 5.41) is 13.1. The van der Waals surface area contributed by atoms with Crippen LogP contribution in [0, 0.1) is 0 Å². The number of carbonyl (C=O) groups excluding carboxylic acids is 1. The monoisotopic (exact) mass is 252 g/mol. The summed E-state index contributed by atoms with van der Waals surface area (Å²) in [6.45, 7) is 1.13. The molecule has 0 radical (unpaired) electrons. The maximum absolute atomic E-state index is 12.2. The van der Waals surface area contributed by atoms with Crippen LogP contribution in [0.1, 0.15) is 25.7 Å². The molecule has 0 aliphatic carbocycles. The lowest BCUT2D eigenvalue weighted by atomic mass is 9.99. The summed E-state index contributed by atoms with van der Waals surface area (Å²) in [5.41, 5.74) is 5.52. The highest BCUT2D eigenvalue weighted by Gasteiger charge is 2.26. The quantitative estimate of drug-likeness (QED) is 0.803. The molecule has 1 amide bonds. The van der Waals surface area contributed by atoms with Crippen molar-refractivity contribution in [2.24, 2.45) is 0 Å². The van der Waals surface area contributed by atoms with E-state index in [-0.39, 0.29) is 25.1 Å². The van der Waals surface area contributed by atoms with Gasteiger partial charge in [-0.15, -0.1) is 0 Å². The summed E-state index contributed by atoms with van der Waals surface area (Å²) in [6.07, 6.45) is 5.51. The second kappa shape index (κ2) is 5.86. The molecular weight excluding hydrogens is 232 g/mol. The van der Waals surface area contributed by atoms with Gasteiger partial charge in [-0.05, 0) is 31.7 Å². The van der Waals surface area contributed by atoms with E-state index in [1.165, 1.54) is 0 Å². The van der Waals surface area contributed by atoms with E-state index in [2.05, 4.69) is 5.10 Å². The van der Waals surface area contributed by atoms with E-state index < -0.39 is 0 Å². The van der Waals surface area contributed by atoms with Gasteiger partial charge in [-0.3, -0.25) is 9.48 Å². The summed E-state index contributed by atoms with van der Waals surface area (Å²) in [6, 6.07) is 1.85. The van der Waals surface area contributed by atoms with Gasteiger partial charge >= 0.3 is 0 Å². The predicted molar refractivity (Wildman–Crippen MR) is 67.7 cm³/mol. The van der Waals surface area contributed by atoms with Gasteiger partial charge in [-0.1, -0.05) is 0 Å². The van der Waals surface area contributed by atoms with Gasteiger partial charge in [0.1, 0.15) is 12.4 Å². The van der Waals surface area contributed by atoms with Gasteiger partial charge in [0, 0.05) is 25.4 Å². The number of anilines is 1.